The predicted molar refractivity (Wildman–Crippen MR) is 45.2 cm³/mol. The standard InChI is InChI=1S/C8H8BNO/c10-9-5-8(11)6-3-1-2-4-7(6)9/h1-4H,5,10H2. The van der Waals surface area contributed by atoms with Gasteiger partial charge >= 0.3 is 0 Å². The van der Waals surface area contributed by atoms with Gasteiger partial charge in [-0.1, -0.05) is 29.7 Å². The monoisotopic (exact) mass is 145 g/mol. The zero-order valence-electron chi connectivity index (χ0n) is 6.08. The fourth-order valence-corrected chi connectivity index (χ4v) is 1.49. The van der Waals surface area contributed by atoms with Crippen molar-refractivity contribution in [2.75, 3.05) is 0 Å². The second-order valence-corrected chi connectivity index (χ2v) is 2.82. The van der Waals surface area contributed by atoms with Crippen molar-refractivity contribution < 1.29 is 4.79 Å². The minimum atomic E-state index is -0.0706. The van der Waals surface area contributed by atoms with Crippen molar-refractivity contribution in [1.29, 1.82) is 0 Å². The van der Waals surface area contributed by atoms with E-state index in [9.17, 15) is 4.79 Å². The highest BCUT2D eigenvalue weighted by Crippen LogP contribution is 2.10. The first-order chi connectivity index (χ1) is 5.29. The Balaban J connectivity index is 2.60. The summed E-state index contributed by atoms with van der Waals surface area (Å²) in [6.07, 6.45) is 0.472. The van der Waals surface area contributed by atoms with Crippen molar-refractivity contribution in [3.05, 3.63) is 29.8 Å². The number of benzene rings is 1. The van der Waals surface area contributed by atoms with Crippen LogP contribution in [0.5, 0.6) is 0 Å². The molecule has 0 aliphatic carbocycles. The first kappa shape index (κ1) is 6.61. The summed E-state index contributed by atoms with van der Waals surface area (Å²) in [5.74, 6) is 0.174. The predicted octanol–water partition coefficient (Wildman–Crippen LogP) is 0.0401. The molecule has 54 valence electrons. The van der Waals surface area contributed by atoms with E-state index in [0.717, 1.165) is 11.0 Å². The molecule has 0 saturated carbocycles. The number of Topliss-reactive ketones (excluding diaryl/α,β-unsaturated/α-hetero) is 1. The van der Waals surface area contributed by atoms with Gasteiger partial charge in [0, 0.05) is 11.9 Å². The smallest absolute Gasteiger partial charge is 0.260 e. The molecule has 0 fully saturated rings. The van der Waals surface area contributed by atoms with Crippen LogP contribution < -0.4 is 11.1 Å². The lowest BCUT2D eigenvalue weighted by Crippen LogP contribution is -2.36. The van der Waals surface area contributed by atoms with E-state index in [2.05, 4.69) is 0 Å². The molecule has 1 aromatic rings. The molecule has 11 heavy (non-hydrogen) atoms. The second kappa shape index (κ2) is 2.20. The molecule has 0 bridgehead atoms. The van der Waals surface area contributed by atoms with Crippen molar-refractivity contribution in [2.45, 2.75) is 6.32 Å². The number of hydrogen-bond donors (Lipinski definition) is 1. The molecule has 2 N–H and O–H groups in total. The first-order valence-electron chi connectivity index (χ1n) is 3.67. The van der Waals surface area contributed by atoms with Gasteiger partial charge in [-0.2, -0.15) is 0 Å². The number of carbonyl (C=O) groups excluding carboxylic acids is 1. The van der Waals surface area contributed by atoms with Gasteiger partial charge in [-0.25, -0.2) is 0 Å². The molecule has 0 amide bonds. The maximum Gasteiger partial charge on any atom is 0.260 e. The Morgan fingerprint density at radius 1 is 1.36 bits per heavy atom. The Kier molecular flexibility index (Phi) is 1.33. The van der Waals surface area contributed by atoms with Gasteiger partial charge in [0.2, 0.25) is 0 Å². The molecule has 1 heterocycles. The summed E-state index contributed by atoms with van der Waals surface area (Å²) in [5, 5.41) is 0. The lowest BCUT2D eigenvalue weighted by atomic mass is 9.59. The van der Waals surface area contributed by atoms with E-state index in [1.54, 1.807) is 0 Å². The van der Waals surface area contributed by atoms with Crippen molar-refractivity contribution in [2.24, 2.45) is 5.64 Å². The number of ketones is 1. The molecular weight excluding hydrogens is 137 g/mol. The number of carbonyl (C=O) groups is 1. The third-order valence-electron chi connectivity index (χ3n) is 2.07. The third-order valence-corrected chi connectivity index (χ3v) is 2.07. The van der Waals surface area contributed by atoms with E-state index < -0.39 is 0 Å². The summed E-state index contributed by atoms with van der Waals surface area (Å²) in [4.78, 5) is 11.2. The van der Waals surface area contributed by atoms with E-state index in [4.69, 9.17) is 5.64 Å². The maximum absolute atomic E-state index is 11.2. The Morgan fingerprint density at radius 2 is 2.09 bits per heavy atom. The molecule has 0 saturated heterocycles. The zero-order valence-corrected chi connectivity index (χ0v) is 6.08. The van der Waals surface area contributed by atoms with Gasteiger partial charge in [0.05, 0.1) is 0 Å². The minimum Gasteiger partial charge on any atom is -0.365 e. The fraction of sp³-hybridized carbons (Fsp3) is 0.125. The van der Waals surface area contributed by atoms with E-state index in [1.165, 1.54) is 0 Å². The number of rotatable bonds is 0. The quantitative estimate of drug-likeness (QED) is 0.523. The summed E-state index contributed by atoms with van der Waals surface area (Å²) < 4.78 is 0. The first-order valence-corrected chi connectivity index (χ1v) is 3.67. The summed E-state index contributed by atoms with van der Waals surface area (Å²) in [6, 6.07) is 7.54. The van der Waals surface area contributed by atoms with E-state index in [0.29, 0.717) is 6.32 Å². The number of nitrogens with two attached hydrogens (primary N) is 1. The van der Waals surface area contributed by atoms with Gasteiger partial charge in [0.1, 0.15) is 0 Å². The van der Waals surface area contributed by atoms with Gasteiger partial charge in [-0.3, -0.25) is 4.79 Å². The Labute approximate surface area is 65.5 Å². The van der Waals surface area contributed by atoms with Crippen LogP contribution >= 0.6 is 0 Å². The molecule has 0 unspecified atom stereocenters. The number of hydrogen-bond acceptors (Lipinski definition) is 2. The van der Waals surface area contributed by atoms with E-state index >= 15 is 0 Å². The van der Waals surface area contributed by atoms with Crippen LogP contribution in [0.2, 0.25) is 6.32 Å². The van der Waals surface area contributed by atoms with Crippen LogP contribution in [0, 0.1) is 0 Å². The van der Waals surface area contributed by atoms with Crippen LogP contribution in [0.15, 0.2) is 24.3 Å². The molecule has 0 atom stereocenters. The fourth-order valence-electron chi connectivity index (χ4n) is 1.49. The van der Waals surface area contributed by atoms with Crippen molar-refractivity contribution in [3.63, 3.8) is 0 Å². The van der Waals surface area contributed by atoms with Crippen LogP contribution in [0.4, 0.5) is 0 Å². The minimum absolute atomic E-state index is 0.0706. The van der Waals surface area contributed by atoms with Crippen molar-refractivity contribution >= 4 is 18.1 Å². The lowest BCUT2D eigenvalue weighted by molar-refractivity contribution is 0.102. The molecular formula is C8H8BNO. The summed E-state index contributed by atoms with van der Waals surface area (Å²) in [5.41, 5.74) is 7.52. The maximum atomic E-state index is 11.2. The molecule has 2 nitrogen and oxygen atoms in total. The molecule has 1 aromatic carbocycles. The van der Waals surface area contributed by atoms with Gasteiger partial charge in [-0.05, 0) is 0 Å². The van der Waals surface area contributed by atoms with Gasteiger partial charge in [0.25, 0.3) is 6.85 Å². The Morgan fingerprint density at radius 3 is 2.82 bits per heavy atom. The van der Waals surface area contributed by atoms with Crippen LogP contribution in [0.1, 0.15) is 10.4 Å². The van der Waals surface area contributed by atoms with Crippen molar-refractivity contribution in [1.82, 2.24) is 0 Å². The Bertz CT molecular complexity index is 311. The summed E-state index contributed by atoms with van der Waals surface area (Å²) in [6.45, 7) is -0.0706. The van der Waals surface area contributed by atoms with Gasteiger partial charge in [-0.15, -0.1) is 0 Å². The molecule has 1 aliphatic heterocycles. The third kappa shape index (κ3) is 0.888. The van der Waals surface area contributed by atoms with Crippen LogP contribution in [0.25, 0.3) is 0 Å². The normalized spacial score (nSPS) is 15.4. The molecule has 0 radical (unpaired) electrons. The average molecular weight is 145 g/mol. The topological polar surface area (TPSA) is 43.1 Å². The molecule has 3 heteroatoms. The van der Waals surface area contributed by atoms with Crippen LogP contribution in [0.3, 0.4) is 0 Å². The van der Waals surface area contributed by atoms with E-state index in [-0.39, 0.29) is 12.6 Å². The van der Waals surface area contributed by atoms with Gasteiger partial charge in [0.15, 0.2) is 5.78 Å². The molecule has 2 rings (SSSR count). The molecule has 0 spiro atoms. The van der Waals surface area contributed by atoms with Crippen LogP contribution in [-0.4, -0.2) is 12.6 Å². The van der Waals surface area contributed by atoms with Gasteiger partial charge < -0.3 is 5.64 Å². The molecule has 0 aromatic heterocycles. The number of fused-ring (bicyclic) bond motifs is 1. The highest BCUT2D eigenvalue weighted by atomic mass is 16.1. The zero-order chi connectivity index (χ0) is 7.84. The van der Waals surface area contributed by atoms with E-state index in [1.807, 2.05) is 24.3 Å². The summed E-state index contributed by atoms with van der Waals surface area (Å²) >= 11 is 0. The largest absolute Gasteiger partial charge is 0.365 e. The summed E-state index contributed by atoms with van der Waals surface area (Å²) in [7, 11) is 0. The van der Waals surface area contributed by atoms with Crippen LogP contribution in [-0.2, 0) is 0 Å². The Hall–Kier alpha value is -1.09. The van der Waals surface area contributed by atoms with Crippen molar-refractivity contribution in [3.8, 4) is 0 Å². The SMILES string of the molecule is NB1CC(=O)c2ccccc21. The highest BCUT2D eigenvalue weighted by molar-refractivity contribution is 6.78. The average Bonchev–Trinajstić information content (AvgIpc) is 2.30. The highest BCUT2D eigenvalue weighted by Gasteiger charge is 2.28. The second-order valence-electron chi connectivity index (χ2n) is 2.82. The molecule has 1 aliphatic rings. The lowest BCUT2D eigenvalue weighted by Gasteiger charge is -1.96.